The van der Waals surface area contributed by atoms with Crippen molar-refractivity contribution in [3.05, 3.63) is 42.0 Å². The summed E-state index contributed by atoms with van der Waals surface area (Å²) >= 11 is 3.36. The smallest absolute Gasteiger partial charge is 0.137 e. The number of pyridine rings is 1. The number of aryl methyl sites for hydroxylation is 1. The van der Waals surface area contributed by atoms with Gasteiger partial charge in [0.05, 0.1) is 24.7 Å². The Labute approximate surface area is 109 Å². The average molecular weight is 296 g/mol. The van der Waals surface area contributed by atoms with E-state index in [0.717, 1.165) is 23.2 Å². The first-order valence-electron chi connectivity index (χ1n) is 5.39. The van der Waals surface area contributed by atoms with Gasteiger partial charge >= 0.3 is 0 Å². The Morgan fingerprint density at radius 3 is 2.82 bits per heavy atom. The fraction of sp³-hybridized carbons (Fsp3) is 0.333. The summed E-state index contributed by atoms with van der Waals surface area (Å²) < 4.78 is 7.40. The van der Waals surface area contributed by atoms with E-state index in [1.807, 2.05) is 31.6 Å². The van der Waals surface area contributed by atoms with Gasteiger partial charge in [-0.05, 0) is 17.7 Å². The van der Waals surface area contributed by atoms with Crippen LogP contribution in [-0.2, 0) is 18.8 Å². The summed E-state index contributed by atoms with van der Waals surface area (Å²) in [6.45, 7) is 0.640. The molecule has 0 N–H and O–H groups in total. The van der Waals surface area contributed by atoms with Gasteiger partial charge in [0.2, 0.25) is 0 Å². The molecule has 0 saturated heterocycles. The maximum absolute atomic E-state index is 5.60. The molecule has 0 unspecified atom stereocenters. The van der Waals surface area contributed by atoms with Gasteiger partial charge in [-0.15, -0.1) is 0 Å². The minimum absolute atomic E-state index is 0.640. The van der Waals surface area contributed by atoms with Gasteiger partial charge in [-0.2, -0.15) is 5.10 Å². The molecule has 0 atom stereocenters. The van der Waals surface area contributed by atoms with Crippen molar-refractivity contribution in [2.75, 3.05) is 6.61 Å². The second kappa shape index (κ2) is 5.82. The first-order chi connectivity index (χ1) is 8.28. The number of ether oxygens (including phenoxy) is 1. The molecule has 5 heteroatoms. The third kappa shape index (κ3) is 3.56. The van der Waals surface area contributed by atoms with Crippen LogP contribution in [0.4, 0.5) is 0 Å². The fourth-order valence-corrected chi connectivity index (χ4v) is 1.79. The number of hydrogen-bond acceptors (Lipinski definition) is 3. The maximum atomic E-state index is 5.60. The number of rotatable bonds is 5. The van der Waals surface area contributed by atoms with E-state index in [1.165, 1.54) is 5.56 Å². The summed E-state index contributed by atoms with van der Waals surface area (Å²) in [4.78, 5) is 4.24. The Kier molecular flexibility index (Phi) is 4.14. The second-order valence-electron chi connectivity index (χ2n) is 3.74. The van der Waals surface area contributed by atoms with Gasteiger partial charge in [-0.3, -0.25) is 9.67 Å². The topological polar surface area (TPSA) is 39.9 Å². The highest BCUT2D eigenvalue weighted by Gasteiger charge is 1.98. The third-order valence-electron chi connectivity index (χ3n) is 2.35. The number of hydrogen-bond donors (Lipinski definition) is 0. The normalized spacial score (nSPS) is 10.5. The maximum Gasteiger partial charge on any atom is 0.137 e. The highest BCUT2D eigenvalue weighted by Crippen LogP contribution is 2.11. The summed E-state index contributed by atoms with van der Waals surface area (Å²) in [6, 6.07) is 3.89. The summed E-state index contributed by atoms with van der Waals surface area (Å²) in [5, 5.41) is 4.88. The van der Waals surface area contributed by atoms with Gasteiger partial charge in [-0.1, -0.05) is 15.9 Å². The molecule has 0 aliphatic rings. The molecule has 0 amide bonds. The van der Waals surface area contributed by atoms with Crippen LogP contribution in [0.15, 0.2) is 30.7 Å². The monoisotopic (exact) mass is 295 g/mol. The minimum atomic E-state index is 0.640. The minimum Gasteiger partial charge on any atom is -0.492 e. The third-order valence-corrected chi connectivity index (χ3v) is 2.93. The Morgan fingerprint density at radius 1 is 1.35 bits per heavy atom. The molecular weight excluding hydrogens is 282 g/mol. The van der Waals surface area contributed by atoms with E-state index < -0.39 is 0 Å². The zero-order valence-corrected chi connectivity index (χ0v) is 11.2. The van der Waals surface area contributed by atoms with Crippen LogP contribution in [0.25, 0.3) is 0 Å². The SMILES string of the molecule is Cn1cc(CCOc2ccc(CBr)nc2)cn1. The van der Waals surface area contributed by atoms with Crippen molar-refractivity contribution in [2.45, 2.75) is 11.8 Å². The van der Waals surface area contributed by atoms with Crippen LogP contribution in [0, 0.1) is 0 Å². The van der Waals surface area contributed by atoms with Crippen molar-refractivity contribution in [1.29, 1.82) is 0 Å². The number of alkyl halides is 1. The fourth-order valence-electron chi connectivity index (χ4n) is 1.46. The standard InChI is InChI=1S/C12H14BrN3O/c1-16-9-10(7-15-16)4-5-17-12-3-2-11(6-13)14-8-12/h2-3,7-9H,4-6H2,1H3. The van der Waals surface area contributed by atoms with Crippen LogP contribution in [0.1, 0.15) is 11.3 Å². The molecule has 2 rings (SSSR count). The van der Waals surface area contributed by atoms with Crippen LogP contribution in [0.2, 0.25) is 0 Å². The lowest BCUT2D eigenvalue weighted by Gasteiger charge is -2.04. The Hall–Kier alpha value is -1.36. The number of aromatic nitrogens is 3. The molecule has 0 saturated carbocycles. The molecule has 0 spiro atoms. The van der Waals surface area contributed by atoms with Crippen molar-refractivity contribution in [3.8, 4) is 5.75 Å². The van der Waals surface area contributed by atoms with Gasteiger partial charge in [0.25, 0.3) is 0 Å². The molecular formula is C12H14BrN3O. The quantitative estimate of drug-likeness (QED) is 0.795. The van der Waals surface area contributed by atoms with E-state index in [2.05, 4.69) is 26.0 Å². The van der Waals surface area contributed by atoms with Crippen LogP contribution in [0.5, 0.6) is 5.75 Å². The van der Waals surface area contributed by atoms with E-state index in [-0.39, 0.29) is 0 Å². The van der Waals surface area contributed by atoms with E-state index in [0.29, 0.717) is 6.61 Å². The first-order valence-corrected chi connectivity index (χ1v) is 6.51. The lowest BCUT2D eigenvalue weighted by molar-refractivity contribution is 0.320. The molecule has 2 aromatic rings. The summed E-state index contributed by atoms with van der Waals surface area (Å²) in [5.41, 5.74) is 2.18. The van der Waals surface area contributed by atoms with Crippen LogP contribution < -0.4 is 4.74 Å². The molecule has 4 nitrogen and oxygen atoms in total. The van der Waals surface area contributed by atoms with Crippen LogP contribution in [-0.4, -0.2) is 21.4 Å². The molecule has 0 aliphatic carbocycles. The second-order valence-corrected chi connectivity index (χ2v) is 4.30. The van der Waals surface area contributed by atoms with Crippen molar-refractivity contribution >= 4 is 15.9 Å². The highest BCUT2D eigenvalue weighted by atomic mass is 79.9. The van der Waals surface area contributed by atoms with Gasteiger partial charge < -0.3 is 4.74 Å². The van der Waals surface area contributed by atoms with E-state index >= 15 is 0 Å². The van der Waals surface area contributed by atoms with Gasteiger partial charge in [0.15, 0.2) is 0 Å². The predicted molar refractivity (Wildman–Crippen MR) is 69.3 cm³/mol. The van der Waals surface area contributed by atoms with Gasteiger partial charge in [0.1, 0.15) is 5.75 Å². The van der Waals surface area contributed by atoms with Crippen molar-refractivity contribution in [2.24, 2.45) is 7.05 Å². The zero-order chi connectivity index (χ0) is 12.1. The molecule has 0 bridgehead atoms. The Morgan fingerprint density at radius 2 is 2.24 bits per heavy atom. The van der Waals surface area contributed by atoms with Crippen molar-refractivity contribution < 1.29 is 4.74 Å². The van der Waals surface area contributed by atoms with Crippen LogP contribution in [0.3, 0.4) is 0 Å². The largest absolute Gasteiger partial charge is 0.492 e. The van der Waals surface area contributed by atoms with Gasteiger partial charge in [-0.25, -0.2) is 0 Å². The van der Waals surface area contributed by atoms with E-state index in [9.17, 15) is 0 Å². The molecule has 0 aromatic carbocycles. The predicted octanol–water partition coefficient (Wildman–Crippen LogP) is 2.33. The molecule has 0 aliphatic heterocycles. The summed E-state index contributed by atoms with van der Waals surface area (Å²) in [6.07, 6.45) is 6.46. The Balaban J connectivity index is 1.81. The average Bonchev–Trinajstić information content (AvgIpc) is 2.76. The Bertz CT molecular complexity index is 467. The molecule has 0 fully saturated rings. The lowest BCUT2D eigenvalue weighted by Crippen LogP contribution is -2.01. The lowest BCUT2D eigenvalue weighted by atomic mass is 10.3. The zero-order valence-electron chi connectivity index (χ0n) is 9.64. The molecule has 0 radical (unpaired) electrons. The van der Waals surface area contributed by atoms with Crippen LogP contribution >= 0.6 is 15.9 Å². The summed E-state index contributed by atoms with van der Waals surface area (Å²) in [5.74, 6) is 0.804. The van der Waals surface area contributed by atoms with E-state index in [1.54, 1.807) is 10.9 Å². The molecule has 17 heavy (non-hydrogen) atoms. The molecule has 2 heterocycles. The number of nitrogens with zero attached hydrogens (tertiary/aromatic N) is 3. The van der Waals surface area contributed by atoms with Crippen molar-refractivity contribution in [3.63, 3.8) is 0 Å². The molecule has 2 aromatic heterocycles. The summed E-state index contributed by atoms with van der Waals surface area (Å²) in [7, 11) is 1.91. The highest BCUT2D eigenvalue weighted by molar-refractivity contribution is 9.08. The first kappa shape index (κ1) is 12.1. The number of halogens is 1. The van der Waals surface area contributed by atoms with Gasteiger partial charge in [0, 0.05) is 25.0 Å². The molecule has 90 valence electrons. The van der Waals surface area contributed by atoms with Crippen molar-refractivity contribution in [1.82, 2.24) is 14.8 Å². The van der Waals surface area contributed by atoms with E-state index in [4.69, 9.17) is 4.74 Å².